The molecule has 0 atom stereocenters. The third kappa shape index (κ3) is 1.67. The summed E-state index contributed by atoms with van der Waals surface area (Å²) in [6.45, 7) is 0. The number of aromatic nitrogens is 2. The second-order valence-corrected chi connectivity index (χ2v) is 4.26. The van der Waals surface area contributed by atoms with Crippen LogP contribution in [0.3, 0.4) is 0 Å². The fourth-order valence-electron chi connectivity index (χ4n) is 2.05. The Hall–Kier alpha value is -0.870. The zero-order chi connectivity index (χ0) is 10.2. The molecule has 0 amide bonds. The highest BCUT2D eigenvalue weighted by Crippen LogP contribution is 2.33. The Morgan fingerprint density at radius 3 is 2.71 bits per heavy atom. The van der Waals surface area contributed by atoms with Gasteiger partial charge in [-0.05, 0) is 31.7 Å². The van der Waals surface area contributed by atoms with E-state index < -0.39 is 0 Å². The largest absolute Gasteiger partial charge is 0.393 e. The van der Waals surface area contributed by atoms with Crippen LogP contribution < -0.4 is 5.73 Å². The number of aliphatic hydroxyl groups is 1. The van der Waals surface area contributed by atoms with Crippen molar-refractivity contribution >= 4 is 0 Å². The van der Waals surface area contributed by atoms with E-state index >= 15 is 0 Å². The monoisotopic (exact) mass is 195 g/mol. The van der Waals surface area contributed by atoms with Crippen molar-refractivity contribution < 1.29 is 5.11 Å². The topological polar surface area (TPSA) is 64.1 Å². The smallest absolute Gasteiger partial charge is 0.0823 e. The molecule has 0 bridgehead atoms. The van der Waals surface area contributed by atoms with Crippen molar-refractivity contribution in [3.63, 3.8) is 0 Å². The van der Waals surface area contributed by atoms with Gasteiger partial charge in [0.25, 0.3) is 0 Å². The molecule has 1 aliphatic rings. The van der Waals surface area contributed by atoms with Crippen molar-refractivity contribution in [3.05, 3.63) is 18.0 Å². The van der Waals surface area contributed by atoms with Gasteiger partial charge in [0.1, 0.15) is 0 Å². The lowest BCUT2D eigenvalue weighted by atomic mass is 9.79. The van der Waals surface area contributed by atoms with E-state index in [0.717, 1.165) is 31.4 Å². The summed E-state index contributed by atoms with van der Waals surface area (Å²) in [7, 11) is 1.89. The molecule has 0 unspecified atom stereocenters. The maximum Gasteiger partial charge on any atom is 0.0823 e. The first-order valence-electron chi connectivity index (χ1n) is 5.07. The molecule has 1 aromatic rings. The molecule has 0 aromatic carbocycles. The molecule has 14 heavy (non-hydrogen) atoms. The Morgan fingerprint density at radius 1 is 1.57 bits per heavy atom. The number of nitrogens with zero attached hydrogens (tertiary/aromatic N) is 2. The van der Waals surface area contributed by atoms with E-state index in [4.69, 9.17) is 5.73 Å². The minimum Gasteiger partial charge on any atom is -0.393 e. The van der Waals surface area contributed by atoms with Crippen LogP contribution in [0.25, 0.3) is 0 Å². The van der Waals surface area contributed by atoms with E-state index in [9.17, 15) is 5.11 Å². The van der Waals surface area contributed by atoms with Crippen molar-refractivity contribution in [1.29, 1.82) is 0 Å². The molecule has 2 rings (SSSR count). The predicted octanol–water partition coefficient (Wildman–Crippen LogP) is 0.509. The lowest BCUT2D eigenvalue weighted by Gasteiger charge is -2.33. The first-order valence-corrected chi connectivity index (χ1v) is 5.07. The number of hydrogen-bond donors (Lipinski definition) is 2. The molecule has 3 N–H and O–H groups in total. The fourth-order valence-corrected chi connectivity index (χ4v) is 2.05. The molecule has 1 aromatic heterocycles. The van der Waals surface area contributed by atoms with Gasteiger partial charge in [-0.2, -0.15) is 5.10 Å². The molecule has 0 saturated heterocycles. The van der Waals surface area contributed by atoms with Crippen LogP contribution in [-0.4, -0.2) is 21.0 Å². The molecule has 0 aliphatic heterocycles. The van der Waals surface area contributed by atoms with E-state index in [1.165, 1.54) is 0 Å². The van der Waals surface area contributed by atoms with Gasteiger partial charge in [0, 0.05) is 13.2 Å². The van der Waals surface area contributed by atoms with Crippen molar-refractivity contribution in [3.8, 4) is 0 Å². The predicted molar refractivity (Wildman–Crippen MR) is 53.5 cm³/mol. The molecule has 1 saturated carbocycles. The standard InChI is InChI=1S/C10H17N3O/c1-13-7-4-9(12-13)10(11)5-2-8(14)3-6-10/h4,7-8,14H,2-3,5-6,11H2,1H3. The van der Waals surface area contributed by atoms with Gasteiger partial charge >= 0.3 is 0 Å². The van der Waals surface area contributed by atoms with E-state index in [1.807, 2.05) is 19.3 Å². The third-order valence-corrected chi connectivity index (χ3v) is 3.07. The molecule has 0 radical (unpaired) electrons. The van der Waals surface area contributed by atoms with Crippen LogP contribution in [0.2, 0.25) is 0 Å². The first kappa shape index (κ1) is 9.68. The highest BCUT2D eigenvalue weighted by Gasteiger charge is 2.34. The highest BCUT2D eigenvalue weighted by atomic mass is 16.3. The average Bonchev–Trinajstić information content (AvgIpc) is 2.58. The van der Waals surface area contributed by atoms with Crippen LogP contribution in [0.15, 0.2) is 12.3 Å². The van der Waals surface area contributed by atoms with Crippen LogP contribution in [0.1, 0.15) is 31.4 Å². The van der Waals surface area contributed by atoms with Crippen LogP contribution in [-0.2, 0) is 12.6 Å². The zero-order valence-electron chi connectivity index (χ0n) is 8.48. The number of nitrogens with two attached hydrogens (primary N) is 1. The summed E-state index contributed by atoms with van der Waals surface area (Å²) in [5.74, 6) is 0. The summed E-state index contributed by atoms with van der Waals surface area (Å²) in [5.41, 5.74) is 6.90. The SMILES string of the molecule is Cn1ccc(C2(N)CCC(O)CC2)n1. The third-order valence-electron chi connectivity index (χ3n) is 3.07. The number of hydrogen-bond acceptors (Lipinski definition) is 3. The van der Waals surface area contributed by atoms with Gasteiger partial charge in [-0.3, -0.25) is 4.68 Å². The molecular weight excluding hydrogens is 178 g/mol. The van der Waals surface area contributed by atoms with Gasteiger partial charge in [-0.1, -0.05) is 0 Å². The summed E-state index contributed by atoms with van der Waals surface area (Å²) >= 11 is 0. The van der Waals surface area contributed by atoms with Crippen LogP contribution >= 0.6 is 0 Å². The lowest BCUT2D eigenvalue weighted by molar-refractivity contribution is 0.0954. The molecule has 78 valence electrons. The van der Waals surface area contributed by atoms with Gasteiger partial charge in [0.2, 0.25) is 0 Å². The second kappa shape index (κ2) is 3.37. The molecule has 1 fully saturated rings. The highest BCUT2D eigenvalue weighted by molar-refractivity contribution is 5.14. The normalized spacial score (nSPS) is 33.2. The number of rotatable bonds is 1. The number of aryl methyl sites for hydroxylation is 1. The van der Waals surface area contributed by atoms with Crippen molar-refractivity contribution in [1.82, 2.24) is 9.78 Å². The minimum atomic E-state index is -0.319. The Labute approximate surface area is 83.7 Å². The Bertz CT molecular complexity index is 313. The molecular formula is C10H17N3O. The molecule has 4 heteroatoms. The van der Waals surface area contributed by atoms with E-state index in [-0.39, 0.29) is 11.6 Å². The summed E-state index contributed by atoms with van der Waals surface area (Å²) < 4.78 is 1.77. The van der Waals surface area contributed by atoms with Crippen LogP contribution in [0.5, 0.6) is 0 Å². The fraction of sp³-hybridized carbons (Fsp3) is 0.700. The zero-order valence-corrected chi connectivity index (χ0v) is 8.48. The molecule has 4 nitrogen and oxygen atoms in total. The number of aliphatic hydroxyl groups excluding tert-OH is 1. The first-order chi connectivity index (χ1) is 6.60. The summed E-state index contributed by atoms with van der Waals surface area (Å²) in [6, 6.07) is 1.97. The Morgan fingerprint density at radius 2 is 2.21 bits per heavy atom. The van der Waals surface area contributed by atoms with E-state index in [2.05, 4.69) is 5.10 Å². The summed E-state index contributed by atoms with van der Waals surface area (Å²) in [4.78, 5) is 0. The average molecular weight is 195 g/mol. The van der Waals surface area contributed by atoms with Gasteiger partial charge in [-0.25, -0.2) is 0 Å². The minimum absolute atomic E-state index is 0.171. The summed E-state index contributed by atoms with van der Waals surface area (Å²) in [6.07, 6.45) is 4.96. The summed E-state index contributed by atoms with van der Waals surface area (Å²) in [5, 5.41) is 13.8. The Kier molecular flexibility index (Phi) is 2.33. The van der Waals surface area contributed by atoms with Gasteiger partial charge < -0.3 is 10.8 Å². The van der Waals surface area contributed by atoms with E-state index in [0.29, 0.717) is 0 Å². The quantitative estimate of drug-likeness (QED) is 0.686. The van der Waals surface area contributed by atoms with E-state index in [1.54, 1.807) is 4.68 Å². The van der Waals surface area contributed by atoms with Gasteiger partial charge in [0.05, 0.1) is 17.3 Å². The molecule has 1 heterocycles. The second-order valence-electron chi connectivity index (χ2n) is 4.26. The maximum atomic E-state index is 9.41. The lowest BCUT2D eigenvalue weighted by Crippen LogP contribution is -2.42. The van der Waals surface area contributed by atoms with Crippen LogP contribution in [0, 0.1) is 0 Å². The Balaban J connectivity index is 2.16. The van der Waals surface area contributed by atoms with Crippen molar-refractivity contribution in [2.24, 2.45) is 12.8 Å². The van der Waals surface area contributed by atoms with Crippen molar-refractivity contribution in [2.75, 3.05) is 0 Å². The molecule has 0 spiro atoms. The maximum absolute atomic E-state index is 9.41. The van der Waals surface area contributed by atoms with Gasteiger partial charge in [0.15, 0.2) is 0 Å². The molecule has 1 aliphatic carbocycles. The van der Waals surface area contributed by atoms with Crippen LogP contribution in [0.4, 0.5) is 0 Å². The van der Waals surface area contributed by atoms with Crippen molar-refractivity contribution in [2.45, 2.75) is 37.3 Å². The van der Waals surface area contributed by atoms with Gasteiger partial charge in [-0.15, -0.1) is 0 Å².